The number of unbranched alkanes of at least 4 members (excludes halogenated alkanes) is 1. The van der Waals surface area contributed by atoms with Crippen molar-refractivity contribution in [2.24, 2.45) is 7.05 Å². The molecule has 6 nitrogen and oxygen atoms in total. The summed E-state index contributed by atoms with van der Waals surface area (Å²) in [6.45, 7) is 5.98. The zero-order valence-corrected chi connectivity index (χ0v) is 14.4. The molecule has 120 valence electrons. The summed E-state index contributed by atoms with van der Waals surface area (Å²) in [6, 6.07) is 0.238. The minimum atomic E-state index is -0.613. The molecule has 21 heavy (non-hydrogen) atoms. The van der Waals surface area contributed by atoms with Crippen LogP contribution < -0.4 is 5.32 Å². The maximum atomic E-state index is 12.0. The van der Waals surface area contributed by atoms with Gasteiger partial charge in [0, 0.05) is 18.8 Å². The molecule has 1 aromatic rings. The lowest BCUT2D eigenvalue weighted by atomic mass is 9.94. The second-order valence-corrected chi connectivity index (χ2v) is 6.71. The molecule has 1 rings (SSSR count). The van der Waals surface area contributed by atoms with Gasteiger partial charge in [-0.25, -0.2) is 0 Å². The Labute approximate surface area is 131 Å². The van der Waals surface area contributed by atoms with Crippen molar-refractivity contribution in [3.8, 4) is 0 Å². The number of hydrogen-bond donors (Lipinski definition) is 1. The van der Waals surface area contributed by atoms with E-state index in [9.17, 15) is 4.79 Å². The van der Waals surface area contributed by atoms with Gasteiger partial charge in [-0.1, -0.05) is 18.2 Å². The first-order valence-electron chi connectivity index (χ1n) is 7.22. The lowest BCUT2D eigenvalue weighted by Crippen LogP contribution is -2.52. The van der Waals surface area contributed by atoms with Crippen LogP contribution in [-0.4, -0.2) is 45.2 Å². The Balaban J connectivity index is 2.36. The van der Waals surface area contributed by atoms with Crippen molar-refractivity contribution in [2.75, 3.05) is 12.9 Å². The number of nitrogens with one attached hydrogen (secondary N) is 1. The Bertz CT molecular complexity index is 450. The van der Waals surface area contributed by atoms with Gasteiger partial charge in [0.05, 0.1) is 7.11 Å². The summed E-state index contributed by atoms with van der Waals surface area (Å²) < 4.78 is 6.83. The Kier molecular flexibility index (Phi) is 7.17. The fourth-order valence-corrected chi connectivity index (χ4v) is 3.13. The molecule has 1 N–H and O–H groups in total. The van der Waals surface area contributed by atoms with Crippen LogP contribution in [0.15, 0.2) is 11.5 Å². The first kappa shape index (κ1) is 18.0. The van der Waals surface area contributed by atoms with Crippen molar-refractivity contribution in [2.45, 2.75) is 56.8 Å². The highest BCUT2D eigenvalue weighted by molar-refractivity contribution is 7.99. The highest BCUT2D eigenvalue weighted by Crippen LogP contribution is 2.20. The van der Waals surface area contributed by atoms with Crippen LogP contribution in [0.1, 0.15) is 40.0 Å². The average Bonchev–Trinajstić information content (AvgIpc) is 2.82. The molecule has 0 fully saturated rings. The predicted molar refractivity (Wildman–Crippen MR) is 84.3 cm³/mol. The summed E-state index contributed by atoms with van der Waals surface area (Å²) in [5.41, 5.74) is -0.613. The fraction of sp³-hybridized carbons (Fsp3) is 0.786. The lowest BCUT2D eigenvalue weighted by Gasteiger charge is -2.30. The smallest absolute Gasteiger partial charge is 0.325 e. The molecular weight excluding hydrogens is 288 g/mol. The van der Waals surface area contributed by atoms with Gasteiger partial charge in [-0.2, -0.15) is 0 Å². The Morgan fingerprint density at radius 2 is 2.24 bits per heavy atom. The van der Waals surface area contributed by atoms with Crippen molar-refractivity contribution >= 4 is 17.7 Å². The molecule has 0 radical (unpaired) electrons. The molecule has 0 aliphatic heterocycles. The van der Waals surface area contributed by atoms with Gasteiger partial charge in [0.1, 0.15) is 11.9 Å². The molecule has 1 atom stereocenters. The van der Waals surface area contributed by atoms with E-state index in [4.69, 9.17) is 4.74 Å². The molecule has 0 aliphatic carbocycles. The van der Waals surface area contributed by atoms with Gasteiger partial charge in [-0.05, 0) is 33.6 Å². The third-order valence-corrected chi connectivity index (χ3v) is 4.34. The minimum absolute atomic E-state index is 0.197. The monoisotopic (exact) mass is 314 g/mol. The molecular formula is C14H26N4O2S. The van der Waals surface area contributed by atoms with Crippen LogP contribution in [-0.2, 0) is 16.6 Å². The standard InChI is InChI=1S/C14H26N4O2S/c1-11(2)16-14(3,12(19)20-5)8-6-7-9-21-13-17-15-10-18(13)4/h10-11,16H,6-9H2,1-5H3. The van der Waals surface area contributed by atoms with E-state index in [1.54, 1.807) is 18.1 Å². The number of carbonyl (C=O) groups excluding carboxylic acids is 1. The summed E-state index contributed by atoms with van der Waals surface area (Å²) in [6.07, 6.45) is 4.43. The van der Waals surface area contributed by atoms with Crippen molar-refractivity contribution in [3.05, 3.63) is 6.33 Å². The minimum Gasteiger partial charge on any atom is -0.468 e. The second kappa shape index (κ2) is 8.38. The molecule has 0 amide bonds. The number of esters is 1. The second-order valence-electron chi connectivity index (χ2n) is 5.65. The first-order valence-corrected chi connectivity index (χ1v) is 8.20. The van der Waals surface area contributed by atoms with Crippen molar-refractivity contribution < 1.29 is 9.53 Å². The van der Waals surface area contributed by atoms with Crippen molar-refractivity contribution in [1.82, 2.24) is 20.1 Å². The third kappa shape index (κ3) is 5.67. The summed E-state index contributed by atoms with van der Waals surface area (Å²) in [7, 11) is 3.37. The molecule has 0 aliphatic rings. The molecule has 0 saturated carbocycles. The summed E-state index contributed by atoms with van der Waals surface area (Å²) in [5, 5.41) is 12.1. The molecule has 1 heterocycles. The van der Waals surface area contributed by atoms with Crippen LogP contribution in [0.5, 0.6) is 0 Å². The zero-order chi connectivity index (χ0) is 15.9. The summed E-state index contributed by atoms with van der Waals surface area (Å²) in [5.74, 6) is 0.767. The van der Waals surface area contributed by atoms with Crippen molar-refractivity contribution in [3.63, 3.8) is 0 Å². The van der Waals surface area contributed by atoms with E-state index in [-0.39, 0.29) is 12.0 Å². The average molecular weight is 314 g/mol. The summed E-state index contributed by atoms with van der Waals surface area (Å²) >= 11 is 1.69. The number of aromatic nitrogens is 3. The Morgan fingerprint density at radius 1 is 1.52 bits per heavy atom. The molecule has 1 aromatic heterocycles. The van der Waals surface area contributed by atoms with Crippen LogP contribution in [0, 0.1) is 0 Å². The Morgan fingerprint density at radius 3 is 2.76 bits per heavy atom. The fourth-order valence-electron chi connectivity index (χ4n) is 2.24. The van der Waals surface area contributed by atoms with Crippen LogP contribution in [0.25, 0.3) is 0 Å². The number of carbonyl (C=O) groups is 1. The van der Waals surface area contributed by atoms with E-state index in [0.29, 0.717) is 0 Å². The van der Waals surface area contributed by atoms with E-state index in [2.05, 4.69) is 15.5 Å². The molecule has 7 heteroatoms. The molecule has 0 spiro atoms. The molecule has 0 aromatic carbocycles. The highest BCUT2D eigenvalue weighted by Gasteiger charge is 2.33. The van der Waals surface area contributed by atoms with E-state index in [1.165, 1.54) is 7.11 Å². The van der Waals surface area contributed by atoms with Crippen LogP contribution in [0.3, 0.4) is 0 Å². The SMILES string of the molecule is COC(=O)C(C)(CCCCSc1nncn1C)NC(C)C. The van der Waals surface area contributed by atoms with Gasteiger partial charge in [0.15, 0.2) is 5.16 Å². The normalized spacial score (nSPS) is 14.2. The molecule has 1 unspecified atom stereocenters. The van der Waals surface area contributed by atoms with Crippen LogP contribution in [0.4, 0.5) is 0 Å². The van der Waals surface area contributed by atoms with E-state index in [1.807, 2.05) is 32.4 Å². The van der Waals surface area contributed by atoms with E-state index < -0.39 is 5.54 Å². The number of ether oxygens (including phenoxy) is 1. The maximum Gasteiger partial charge on any atom is 0.325 e. The largest absolute Gasteiger partial charge is 0.468 e. The number of methoxy groups -OCH3 is 1. The molecule has 0 saturated heterocycles. The Hall–Kier alpha value is -1.08. The van der Waals surface area contributed by atoms with Crippen LogP contribution in [0.2, 0.25) is 0 Å². The predicted octanol–water partition coefficient (Wildman–Crippen LogP) is 2.01. The van der Waals surface area contributed by atoms with Gasteiger partial charge in [0.2, 0.25) is 0 Å². The third-order valence-electron chi connectivity index (χ3n) is 3.22. The highest BCUT2D eigenvalue weighted by atomic mass is 32.2. The number of thioether (sulfide) groups is 1. The maximum absolute atomic E-state index is 12.0. The number of aryl methyl sites for hydroxylation is 1. The van der Waals surface area contributed by atoms with Gasteiger partial charge in [0.25, 0.3) is 0 Å². The topological polar surface area (TPSA) is 69.0 Å². The van der Waals surface area contributed by atoms with Crippen molar-refractivity contribution in [1.29, 1.82) is 0 Å². The van der Waals surface area contributed by atoms with Gasteiger partial charge >= 0.3 is 5.97 Å². The number of nitrogens with zero attached hydrogens (tertiary/aromatic N) is 3. The lowest BCUT2D eigenvalue weighted by molar-refractivity contribution is -0.148. The van der Waals surface area contributed by atoms with Gasteiger partial charge < -0.3 is 9.30 Å². The first-order chi connectivity index (χ1) is 9.89. The van der Waals surface area contributed by atoms with E-state index in [0.717, 1.165) is 30.2 Å². The van der Waals surface area contributed by atoms with E-state index >= 15 is 0 Å². The number of rotatable bonds is 9. The molecule has 0 bridgehead atoms. The summed E-state index contributed by atoms with van der Waals surface area (Å²) in [4.78, 5) is 12.0. The zero-order valence-electron chi connectivity index (χ0n) is 13.5. The quantitative estimate of drug-likeness (QED) is 0.427. The number of hydrogen-bond acceptors (Lipinski definition) is 6. The van der Waals surface area contributed by atoms with Gasteiger partial charge in [-0.3, -0.25) is 10.1 Å². The van der Waals surface area contributed by atoms with Gasteiger partial charge in [-0.15, -0.1) is 10.2 Å². The van der Waals surface area contributed by atoms with Crippen LogP contribution >= 0.6 is 11.8 Å².